The Labute approximate surface area is 178 Å². The second kappa shape index (κ2) is 9.37. The van der Waals surface area contributed by atoms with E-state index in [1.165, 1.54) is 24.8 Å². The molecule has 0 bridgehead atoms. The summed E-state index contributed by atoms with van der Waals surface area (Å²) >= 11 is 1.65. The van der Waals surface area contributed by atoms with Crippen molar-refractivity contribution < 1.29 is 4.74 Å². The first-order valence-corrected chi connectivity index (χ1v) is 11.4. The molecule has 3 rings (SSSR count). The summed E-state index contributed by atoms with van der Waals surface area (Å²) in [5, 5.41) is 2.08. The van der Waals surface area contributed by atoms with Gasteiger partial charge in [0.1, 0.15) is 10.5 Å². The van der Waals surface area contributed by atoms with Crippen molar-refractivity contribution in [1.82, 2.24) is 14.9 Å². The molecule has 3 aromatic rings. The monoisotopic (exact) mass is 414 g/mol. The van der Waals surface area contributed by atoms with Crippen LogP contribution in [0.2, 0.25) is 0 Å². The van der Waals surface area contributed by atoms with Gasteiger partial charge in [-0.15, -0.1) is 11.3 Å². The summed E-state index contributed by atoms with van der Waals surface area (Å²) < 4.78 is 6.61. The third-order valence-electron chi connectivity index (χ3n) is 5.50. The number of hydrogen-bond acceptors (Lipinski definition) is 6. The summed E-state index contributed by atoms with van der Waals surface area (Å²) in [6.45, 7) is 11.1. The molecule has 29 heavy (non-hydrogen) atoms. The molecular weight excluding hydrogens is 380 g/mol. The molecule has 5 nitrogen and oxygen atoms in total. The number of aromatic nitrogens is 2. The lowest BCUT2D eigenvalue weighted by molar-refractivity contribution is 0.134. The predicted molar refractivity (Wildman–Crippen MR) is 125 cm³/mol. The minimum Gasteiger partial charge on any atom is -0.382 e. The SMILES string of the molecule is CCOCc1nc2c(N)nc3cc(CCCCCN(C)C(C)(C)C)ccc3c2s1. The molecule has 2 heterocycles. The number of benzene rings is 1. The maximum absolute atomic E-state index is 6.21. The average molecular weight is 415 g/mol. The summed E-state index contributed by atoms with van der Waals surface area (Å²) in [6.07, 6.45) is 4.74. The van der Waals surface area contributed by atoms with Crippen LogP contribution in [0.3, 0.4) is 0 Å². The van der Waals surface area contributed by atoms with Crippen LogP contribution in [-0.2, 0) is 17.8 Å². The topological polar surface area (TPSA) is 64.3 Å². The zero-order chi connectivity index (χ0) is 21.0. The van der Waals surface area contributed by atoms with E-state index in [1.807, 2.05) is 6.92 Å². The molecule has 6 heteroatoms. The first kappa shape index (κ1) is 21.9. The van der Waals surface area contributed by atoms with Gasteiger partial charge in [-0.25, -0.2) is 9.97 Å². The van der Waals surface area contributed by atoms with E-state index < -0.39 is 0 Å². The Morgan fingerprint density at radius 2 is 1.93 bits per heavy atom. The van der Waals surface area contributed by atoms with Crippen molar-refractivity contribution in [2.24, 2.45) is 0 Å². The van der Waals surface area contributed by atoms with E-state index in [1.54, 1.807) is 11.3 Å². The van der Waals surface area contributed by atoms with E-state index in [0.717, 1.165) is 39.1 Å². The van der Waals surface area contributed by atoms with Crippen LogP contribution in [0.4, 0.5) is 5.82 Å². The van der Waals surface area contributed by atoms with Crippen LogP contribution < -0.4 is 5.73 Å². The van der Waals surface area contributed by atoms with E-state index in [0.29, 0.717) is 19.0 Å². The lowest BCUT2D eigenvalue weighted by Gasteiger charge is -2.31. The number of rotatable bonds is 9. The highest BCUT2D eigenvalue weighted by molar-refractivity contribution is 7.19. The molecule has 158 valence electrons. The van der Waals surface area contributed by atoms with Crippen LogP contribution in [0.5, 0.6) is 0 Å². The minimum absolute atomic E-state index is 0.245. The van der Waals surface area contributed by atoms with Gasteiger partial charge in [-0.3, -0.25) is 0 Å². The molecule has 0 aliphatic heterocycles. The van der Waals surface area contributed by atoms with E-state index in [-0.39, 0.29) is 5.54 Å². The van der Waals surface area contributed by atoms with E-state index in [4.69, 9.17) is 10.5 Å². The van der Waals surface area contributed by atoms with Crippen molar-refractivity contribution in [3.63, 3.8) is 0 Å². The van der Waals surface area contributed by atoms with E-state index in [9.17, 15) is 0 Å². The van der Waals surface area contributed by atoms with Gasteiger partial charge < -0.3 is 15.4 Å². The predicted octanol–water partition coefficient (Wildman–Crippen LogP) is 5.41. The maximum Gasteiger partial charge on any atom is 0.151 e. The Morgan fingerprint density at radius 3 is 2.66 bits per heavy atom. The van der Waals surface area contributed by atoms with E-state index in [2.05, 4.69) is 60.9 Å². The first-order chi connectivity index (χ1) is 13.8. The van der Waals surface area contributed by atoms with Gasteiger partial charge in [0.25, 0.3) is 0 Å². The molecule has 2 N–H and O–H groups in total. The summed E-state index contributed by atoms with van der Waals surface area (Å²) in [4.78, 5) is 11.7. The second-order valence-electron chi connectivity index (χ2n) is 8.67. The standard InChI is InChI=1S/C23H34N4OS/c1-6-28-15-19-26-20-21(29-19)17-12-11-16(14-18(17)25-22(20)24)10-8-7-9-13-27(5)23(2,3)4/h11-12,14H,6-10,13,15H2,1-5H3,(H2,24,25). The molecule has 0 spiro atoms. The Bertz CT molecular complexity index is 961. The number of anilines is 1. The van der Waals surface area contributed by atoms with Crippen LogP contribution in [-0.4, -0.2) is 40.6 Å². The number of nitrogen functional groups attached to an aromatic ring is 1. The summed E-state index contributed by atoms with van der Waals surface area (Å²) in [6, 6.07) is 6.59. The number of thiazole rings is 1. The van der Waals surface area contributed by atoms with Gasteiger partial charge in [0.2, 0.25) is 0 Å². The second-order valence-corrected chi connectivity index (χ2v) is 9.76. The number of nitrogens with zero attached hydrogens (tertiary/aromatic N) is 3. The molecule has 0 radical (unpaired) electrons. The molecule has 0 aliphatic carbocycles. The van der Waals surface area contributed by atoms with Crippen LogP contribution in [0, 0.1) is 0 Å². The molecule has 0 atom stereocenters. The quantitative estimate of drug-likeness (QED) is 0.475. The van der Waals surface area contributed by atoms with Crippen LogP contribution in [0.1, 0.15) is 57.5 Å². The third kappa shape index (κ3) is 5.44. The number of hydrogen-bond donors (Lipinski definition) is 1. The fourth-order valence-corrected chi connectivity index (χ4v) is 4.41. The Hall–Kier alpha value is -1.76. The summed E-state index contributed by atoms with van der Waals surface area (Å²) in [7, 11) is 2.21. The molecule has 0 amide bonds. The highest BCUT2D eigenvalue weighted by Crippen LogP contribution is 2.33. The van der Waals surface area contributed by atoms with Crippen LogP contribution >= 0.6 is 11.3 Å². The maximum atomic E-state index is 6.21. The number of pyridine rings is 1. The Kier molecular flexibility index (Phi) is 7.09. The number of fused-ring (bicyclic) bond motifs is 3. The van der Waals surface area contributed by atoms with Gasteiger partial charge in [0.05, 0.1) is 16.8 Å². The largest absolute Gasteiger partial charge is 0.382 e. The fourth-order valence-electron chi connectivity index (χ4n) is 3.36. The van der Waals surface area contributed by atoms with Gasteiger partial charge in [0.15, 0.2) is 5.82 Å². The van der Waals surface area contributed by atoms with Crippen LogP contribution in [0.25, 0.3) is 21.1 Å². The molecule has 0 unspecified atom stereocenters. The molecule has 2 aromatic heterocycles. The number of unbranched alkanes of at least 4 members (excludes halogenated alkanes) is 2. The van der Waals surface area contributed by atoms with Gasteiger partial charge >= 0.3 is 0 Å². The molecule has 0 saturated heterocycles. The lowest BCUT2D eigenvalue weighted by Crippen LogP contribution is -2.38. The van der Waals surface area contributed by atoms with Gasteiger partial charge in [-0.1, -0.05) is 18.6 Å². The third-order valence-corrected chi connectivity index (χ3v) is 6.56. The van der Waals surface area contributed by atoms with Crippen molar-refractivity contribution in [2.75, 3.05) is 25.9 Å². The molecule has 0 saturated carbocycles. The van der Waals surface area contributed by atoms with Crippen molar-refractivity contribution in [2.45, 2.75) is 65.5 Å². The first-order valence-electron chi connectivity index (χ1n) is 10.6. The number of nitrogens with two attached hydrogens (primary N) is 1. The van der Waals surface area contributed by atoms with Crippen molar-refractivity contribution >= 4 is 38.3 Å². The smallest absolute Gasteiger partial charge is 0.151 e. The number of aryl methyl sites for hydroxylation is 1. The van der Waals surface area contributed by atoms with Crippen LogP contribution in [0.15, 0.2) is 18.2 Å². The summed E-state index contributed by atoms with van der Waals surface area (Å²) in [5.74, 6) is 0.508. The van der Waals surface area contributed by atoms with Crippen molar-refractivity contribution in [3.8, 4) is 0 Å². The van der Waals surface area contributed by atoms with Gasteiger partial charge in [-0.2, -0.15) is 0 Å². The average Bonchev–Trinajstić information content (AvgIpc) is 3.10. The zero-order valence-corrected chi connectivity index (χ0v) is 19.2. The number of ether oxygens (including phenoxy) is 1. The Balaban J connectivity index is 1.66. The zero-order valence-electron chi connectivity index (χ0n) is 18.4. The molecule has 0 fully saturated rings. The van der Waals surface area contributed by atoms with Gasteiger partial charge in [-0.05, 0) is 72.2 Å². The summed E-state index contributed by atoms with van der Waals surface area (Å²) in [5.41, 5.74) is 9.54. The van der Waals surface area contributed by atoms with Gasteiger partial charge in [0, 0.05) is 17.5 Å². The molecular formula is C23H34N4OS. The highest BCUT2D eigenvalue weighted by atomic mass is 32.1. The minimum atomic E-state index is 0.245. The van der Waals surface area contributed by atoms with E-state index >= 15 is 0 Å². The normalized spacial score (nSPS) is 12.5. The van der Waals surface area contributed by atoms with Crippen molar-refractivity contribution in [3.05, 3.63) is 28.8 Å². The molecule has 0 aliphatic rings. The fraction of sp³-hybridized carbons (Fsp3) is 0.565. The Morgan fingerprint density at radius 1 is 1.14 bits per heavy atom. The van der Waals surface area contributed by atoms with Crippen molar-refractivity contribution in [1.29, 1.82) is 0 Å². The highest BCUT2D eigenvalue weighted by Gasteiger charge is 2.16. The molecule has 1 aromatic carbocycles. The lowest BCUT2D eigenvalue weighted by atomic mass is 10.0.